The molecule has 4 rings (SSSR count). The first-order valence-electron chi connectivity index (χ1n) is 12.9. The number of carbonyl (C=O) groups excluding carboxylic acids is 3. The van der Waals surface area contributed by atoms with Gasteiger partial charge in [-0.05, 0) is 61.0 Å². The Balaban J connectivity index is 1.41. The van der Waals surface area contributed by atoms with Gasteiger partial charge in [0.1, 0.15) is 17.2 Å². The number of rotatable bonds is 11. The lowest BCUT2D eigenvalue weighted by molar-refractivity contribution is -0.115. The van der Waals surface area contributed by atoms with Crippen LogP contribution in [0.3, 0.4) is 0 Å². The summed E-state index contributed by atoms with van der Waals surface area (Å²) in [6.45, 7) is 1.80. The van der Waals surface area contributed by atoms with Crippen molar-refractivity contribution >= 4 is 46.9 Å². The molecule has 42 heavy (non-hydrogen) atoms. The Morgan fingerprint density at radius 3 is 2.14 bits per heavy atom. The molecule has 0 aliphatic heterocycles. The quantitative estimate of drug-likeness (QED) is 0.155. The highest BCUT2D eigenvalue weighted by atomic mass is 32.2. The van der Waals surface area contributed by atoms with Crippen molar-refractivity contribution < 1.29 is 23.9 Å². The van der Waals surface area contributed by atoms with Crippen LogP contribution in [-0.4, -0.2) is 42.2 Å². The summed E-state index contributed by atoms with van der Waals surface area (Å²) in [5, 5.41) is 8.00. The van der Waals surface area contributed by atoms with E-state index in [9.17, 15) is 14.4 Å². The molecule has 0 aliphatic rings. The number of hydrogen-bond acceptors (Lipinski definition) is 7. The molecule has 0 saturated heterocycles. The number of hydrogen-bond donors (Lipinski definition) is 3. The van der Waals surface area contributed by atoms with Gasteiger partial charge in [0.05, 0.1) is 19.5 Å². The molecule has 3 aromatic carbocycles. The van der Waals surface area contributed by atoms with Crippen molar-refractivity contribution in [1.29, 1.82) is 0 Å². The van der Waals surface area contributed by atoms with E-state index in [1.807, 2.05) is 18.2 Å². The van der Waals surface area contributed by atoms with Crippen molar-refractivity contribution in [1.82, 2.24) is 10.3 Å². The number of nitrogens with one attached hydrogen (secondary N) is 3. The van der Waals surface area contributed by atoms with E-state index in [4.69, 9.17) is 9.47 Å². The molecule has 1 aromatic heterocycles. The fraction of sp³-hybridized carbons (Fsp3) is 0.125. The molecule has 0 bridgehead atoms. The third-order valence-electron chi connectivity index (χ3n) is 5.94. The Bertz CT molecular complexity index is 1540. The molecule has 3 amide bonds. The smallest absolute Gasteiger partial charge is 0.272 e. The van der Waals surface area contributed by atoms with Crippen LogP contribution >= 0.6 is 11.8 Å². The van der Waals surface area contributed by atoms with Gasteiger partial charge in [0, 0.05) is 52.4 Å². The fourth-order valence-electron chi connectivity index (χ4n) is 3.77. The van der Waals surface area contributed by atoms with Crippen LogP contribution in [0.1, 0.15) is 22.8 Å². The number of benzene rings is 3. The first-order valence-corrected chi connectivity index (χ1v) is 13.8. The zero-order valence-corrected chi connectivity index (χ0v) is 24.1. The number of ether oxygens (including phenoxy) is 2. The van der Waals surface area contributed by atoms with Crippen molar-refractivity contribution in [3.63, 3.8) is 0 Å². The molecule has 10 heteroatoms. The Morgan fingerprint density at radius 2 is 1.52 bits per heavy atom. The van der Waals surface area contributed by atoms with Crippen LogP contribution in [0.5, 0.6) is 11.5 Å². The molecule has 3 N–H and O–H groups in total. The van der Waals surface area contributed by atoms with Crippen LogP contribution in [-0.2, 0) is 9.59 Å². The third-order valence-corrected chi connectivity index (χ3v) is 7.05. The van der Waals surface area contributed by atoms with Crippen LogP contribution < -0.4 is 25.4 Å². The average molecular weight is 583 g/mol. The molecule has 214 valence electrons. The number of thioether (sulfide) groups is 1. The molecule has 0 fully saturated rings. The third kappa shape index (κ3) is 8.45. The summed E-state index contributed by atoms with van der Waals surface area (Å²) in [5.74, 6) is 0.0469. The van der Waals surface area contributed by atoms with Crippen LogP contribution in [0, 0.1) is 0 Å². The molecule has 0 spiro atoms. The highest BCUT2D eigenvalue weighted by Gasteiger charge is 2.17. The number of pyridine rings is 1. The number of aromatic nitrogens is 1. The van der Waals surface area contributed by atoms with Crippen molar-refractivity contribution in [2.24, 2.45) is 0 Å². The molecular weight excluding hydrogens is 552 g/mol. The Kier molecular flexibility index (Phi) is 10.3. The lowest BCUT2D eigenvalue weighted by atomic mass is 10.2. The molecule has 1 heterocycles. The maximum absolute atomic E-state index is 13.2. The Morgan fingerprint density at radius 1 is 0.833 bits per heavy atom. The molecule has 0 saturated carbocycles. The summed E-state index contributed by atoms with van der Waals surface area (Å²) < 4.78 is 10.5. The largest absolute Gasteiger partial charge is 0.497 e. The second-order valence-corrected chi connectivity index (χ2v) is 10.4. The van der Waals surface area contributed by atoms with Crippen molar-refractivity contribution in [2.75, 3.05) is 24.9 Å². The van der Waals surface area contributed by atoms with Crippen LogP contribution in [0.15, 0.2) is 108 Å². The van der Waals surface area contributed by atoms with Gasteiger partial charge >= 0.3 is 0 Å². The van der Waals surface area contributed by atoms with E-state index in [1.165, 1.54) is 11.8 Å². The number of methoxy groups -OCH3 is 2. The summed E-state index contributed by atoms with van der Waals surface area (Å²) >= 11 is 1.37. The van der Waals surface area contributed by atoms with Crippen molar-refractivity contribution in [3.05, 3.63) is 114 Å². The summed E-state index contributed by atoms with van der Waals surface area (Å²) in [7, 11) is 3.09. The maximum atomic E-state index is 13.2. The lowest BCUT2D eigenvalue weighted by Crippen LogP contribution is -2.30. The van der Waals surface area contributed by atoms with Crippen molar-refractivity contribution in [2.45, 2.75) is 17.1 Å². The van der Waals surface area contributed by atoms with Crippen molar-refractivity contribution in [3.8, 4) is 11.5 Å². The van der Waals surface area contributed by atoms with E-state index < -0.39 is 17.1 Å². The second kappa shape index (κ2) is 14.5. The van der Waals surface area contributed by atoms with Crippen LogP contribution in [0.4, 0.5) is 11.4 Å². The van der Waals surface area contributed by atoms with E-state index in [0.29, 0.717) is 34.0 Å². The van der Waals surface area contributed by atoms with Gasteiger partial charge in [0.15, 0.2) is 0 Å². The zero-order valence-electron chi connectivity index (χ0n) is 23.3. The molecule has 1 atom stereocenters. The minimum Gasteiger partial charge on any atom is -0.497 e. The van der Waals surface area contributed by atoms with Crippen LogP contribution in [0.25, 0.3) is 6.08 Å². The Labute approximate surface area is 248 Å². The molecule has 9 nitrogen and oxygen atoms in total. The van der Waals surface area contributed by atoms with E-state index in [1.54, 1.807) is 106 Å². The second-order valence-electron chi connectivity index (χ2n) is 8.99. The minimum atomic E-state index is -0.495. The highest BCUT2D eigenvalue weighted by molar-refractivity contribution is 8.00. The normalized spacial score (nSPS) is 11.6. The number of anilines is 2. The first-order chi connectivity index (χ1) is 20.3. The Hall–Kier alpha value is -5.09. The monoisotopic (exact) mass is 582 g/mol. The zero-order chi connectivity index (χ0) is 29.9. The lowest BCUT2D eigenvalue weighted by Gasteiger charge is -2.14. The highest BCUT2D eigenvalue weighted by Crippen LogP contribution is 2.29. The summed E-state index contributed by atoms with van der Waals surface area (Å²) in [6.07, 6.45) is 4.78. The predicted octanol–water partition coefficient (Wildman–Crippen LogP) is 5.63. The van der Waals surface area contributed by atoms with Gasteiger partial charge in [-0.25, -0.2) is 0 Å². The van der Waals surface area contributed by atoms with E-state index in [2.05, 4.69) is 20.9 Å². The van der Waals surface area contributed by atoms with Gasteiger partial charge in [-0.15, -0.1) is 11.8 Å². The summed E-state index contributed by atoms with van der Waals surface area (Å²) in [4.78, 5) is 43.7. The minimum absolute atomic E-state index is 0.0646. The summed E-state index contributed by atoms with van der Waals surface area (Å²) in [6, 6.07) is 24.4. The van der Waals surface area contributed by atoms with Gasteiger partial charge in [-0.2, -0.15) is 0 Å². The SMILES string of the molecule is COc1cc(NC(=O)C(C)Sc2ccc(NC(=O)/C(=C/c3cccnc3)NC(=O)c3ccccc3)cc2)cc(OC)c1. The topological polar surface area (TPSA) is 119 Å². The van der Waals surface area contributed by atoms with Gasteiger partial charge in [-0.3, -0.25) is 19.4 Å². The molecule has 4 aromatic rings. The fourth-order valence-corrected chi connectivity index (χ4v) is 4.63. The van der Waals surface area contributed by atoms with Gasteiger partial charge in [0.25, 0.3) is 11.8 Å². The molecule has 0 radical (unpaired) electrons. The standard InChI is InChI=1S/C32H30N4O5S/c1-21(30(37)35-25-17-26(40-2)19-27(18-25)41-3)42-28-13-11-24(12-14-28)34-32(39)29(16-22-8-7-15-33-20-22)36-31(38)23-9-5-4-6-10-23/h4-21H,1-3H3,(H,34,39)(H,35,37)(H,36,38)/b29-16-. The number of amides is 3. The summed E-state index contributed by atoms with van der Waals surface area (Å²) in [5.41, 5.74) is 2.23. The van der Waals surface area contributed by atoms with Gasteiger partial charge in [-0.1, -0.05) is 24.3 Å². The molecule has 1 unspecified atom stereocenters. The first kappa shape index (κ1) is 29.9. The molecule has 0 aliphatic carbocycles. The van der Waals surface area contributed by atoms with E-state index >= 15 is 0 Å². The number of carbonyl (C=O) groups is 3. The number of nitrogens with zero attached hydrogens (tertiary/aromatic N) is 1. The van der Waals surface area contributed by atoms with Gasteiger partial charge in [0.2, 0.25) is 5.91 Å². The molecular formula is C32H30N4O5S. The van der Waals surface area contributed by atoms with Crippen LogP contribution in [0.2, 0.25) is 0 Å². The van der Waals surface area contributed by atoms with E-state index in [-0.39, 0.29) is 11.6 Å². The van der Waals surface area contributed by atoms with Gasteiger partial charge < -0.3 is 25.4 Å². The predicted molar refractivity (Wildman–Crippen MR) is 165 cm³/mol. The van der Waals surface area contributed by atoms with E-state index in [0.717, 1.165) is 4.90 Å². The maximum Gasteiger partial charge on any atom is 0.272 e. The average Bonchev–Trinajstić information content (AvgIpc) is 3.02.